The molecule has 0 unspecified atom stereocenters. The van der Waals surface area contributed by atoms with Crippen LogP contribution in [0, 0.1) is 12.8 Å². The molecule has 2 atom stereocenters. The van der Waals surface area contributed by atoms with Crippen LogP contribution < -0.4 is 10.3 Å². The Hall–Kier alpha value is -3.70. The number of nitrogens with zero attached hydrogens (tertiary/aromatic N) is 6. The van der Waals surface area contributed by atoms with Gasteiger partial charge < -0.3 is 14.4 Å². The fraction of sp³-hybridized carbons (Fsp3) is 0.448. The summed E-state index contributed by atoms with van der Waals surface area (Å²) in [5.41, 5.74) is 2.45. The van der Waals surface area contributed by atoms with Crippen molar-refractivity contribution < 1.29 is 18.3 Å². The highest BCUT2D eigenvalue weighted by Crippen LogP contribution is 2.26. The molecule has 6 rings (SSSR count). The highest BCUT2D eigenvalue weighted by Gasteiger charge is 2.27. The van der Waals surface area contributed by atoms with Gasteiger partial charge in [0.25, 0.3) is 5.56 Å². The van der Waals surface area contributed by atoms with Crippen LogP contribution in [0.15, 0.2) is 53.6 Å². The van der Waals surface area contributed by atoms with E-state index in [1.54, 1.807) is 29.1 Å². The molecule has 40 heavy (non-hydrogen) atoms. The molecule has 1 aromatic carbocycles. The summed E-state index contributed by atoms with van der Waals surface area (Å²) in [6.45, 7) is 3.17. The molecule has 0 bridgehead atoms. The molecule has 2 aliphatic heterocycles. The van der Waals surface area contributed by atoms with Crippen molar-refractivity contribution in [1.29, 1.82) is 0 Å². The van der Waals surface area contributed by atoms with Gasteiger partial charge in [-0.2, -0.15) is 13.9 Å². The topological polar surface area (TPSA) is 87.3 Å². The van der Waals surface area contributed by atoms with E-state index in [9.17, 15) is 13.6 Å². The van der Waals surface area contributed by atoms with Gasteiger partial charge in [0.15, 0.2) is 5.52 Å². The standard InChI is InChI=1S/C29H32F2N6O3/c1-19-24(10-3-11-32-19)27-33-25-18-37(21-7-2-8-22(14-21)40-29(30)31)34-26(25)28(38)36(27)16-20-6-4-12-35(15-20)17-23-9-5-13-39-23/h2-3,7-8,10-11,14,18,20,23,29H,4-6,9,12-13,15-17H2,1H3/t20-,23+/m0/s1. The van der Waals surface area contributed by atoms with Crippen LogP contribution >= 0.6 is 0 Å². The van der Waals surface area contributed by atoms with Crippen molar-refractivity contribution in [3.63, 3.8) is 0 Å². The molecular weight excluding hydrogens is 518 g/mol. The minimum Gasteiger partial charge on any atom is -0.435 e. The van der Waals surface area contributed by atoms with Gasteiger partial charge in [0, 0.05) is 49.8 Å². The summed E-state index contributed by atoms with van der Waals surface area (Å²) in [6, 6.07) is 9.96. The number of aryl methyl sites for hydroxylation is 1. The maximum atomic E-state index is 14.0. The fourth-order valence-electron chi connectivity index (χ4n) is 5.83. The molecule has 4 aromatic rings. The van der Waals surface area contributed by atoms with Gasteiger partial charge in [-0.15, -0.1) is 0 Å². The van der Waals surface area contributed by atoms with Crippen molar-refractivity contribution in [3.8, 4) is 22.8 Å². The SMILES string of the molecule is Cc1ncccc1-c1nc2cn(-c3cccc(OC(F)F)c3)nc2c(=O)n1C[C@H]1CCCN(C[C@H]2CCCO2)C1. The lowest BCUT2D eigenvalue weighted by atomic mass is 9.97. The molecule has 0 spiro atoms. The molecule has 0 amide bonds. The Labute approximate surface area is 230 Å². The molecule has 210 valence electrons. The number of benzene rings is 1. The lowest BCUT2D eigenvalue weighted by molar-refractivity contribution is -0.0498. The monoisotopic (exact) mass is 550 g/mol. The van der Waals surface area contributed by atoms with Gasteiger partial charge in [-0.05, 0) is 69.3 Å². The highest BCUT2D eigenvalue weighted by molar-refractivity contribution is 5.76. The zero-order valence-electron chi connectivity index (χ0n) is 22.4. The van der Waals surface area contributed by atoms with Crippen molar-refractivity contribution >= 4 is 11.0 Å². The molecule has 2 saturated heterocycles. The van der Waals surface area contributed by atoms with Gasteiger partial charge in [-0.1, -0.05) is 6.07 Å². The van der Waals surface area contributed by atoms with Crippen molar-refractivity contribution in [2.24, 2.45) is 5.92 Å². The van der Waals surface area contributed by atoms with Crippen LogP contribution in [0.25, 0.3) is 28.1 Å². The van der Waals surface area contributed by atoms with E-state index in [1.807, 2.05) is 19.1 Å². The first-order chi connectivity index (χ1) is 19.4. The third kappa shape index (κ3) is 5.62. The van der Waals surface area contributed by atoms with Crippen LogP contribution in [0.3, 0.4) is 0 Å². The second kappa shape index (κ2) is 11.4. The molecule has 5 heterocycles. The number of pyridine rings is 1. The van der Waals surface area contributed by atoms with E-state index in [2.05, 4.69) is 19.7 Å². The van der Waals surface area contributed by atoms with Gasteiger partial charge in [-0.3, -0.25) is 14.3 Å². The maximum absolute atomic E-state index is 14.0. The lowest BCUT2D eigenvalue weighted by Crippen LogP contribution is -2.42. The van der Waals surface area contributed by atoms with Gasteiger partial charge in [-0.25, -0.2) is 9.67 Å². The van der Waals surface area contributed by atoms with Crippen LogP contribution in [-0.2, 0) is 11.3 Å². The van der Waals surface area contributed by atoms with E-state index in [4.69, 9.17) is 9.72 Å². The molecule has 3 aromatic heterocycles. The Morgan fingerprint density at radius 3 is 2.85 bits per heavy atom. The van der Waals surface area contributed by atoms with E-state index in [0.29, 0.717) is 29.7 Å². The quantitative estimate of drug-likeness (QED) is 0.321. The van der Waals surface area contributed by atoms with Crippen LogP contribution in [0.5, 0.6) is 5.75 Å². The van der Waals surface area contributed by atoms with Gasteiger partial charge >= 0.3 is 6.61 Å². The molecule has 0 radical (unpaired) electrons. The van der Waals surface area contributed by atoms with Crippen molar-refractivity contribution in [2.45, 2.75) is 51.9 Å². The molecule has 0 N–H and O–H groups in total. The zero-order chi connectivity index (χ0) is 27.6. The number of hydrogen-bond acceptors (Lipinski definition) is 7. The second-order valence-electron chi connectivity index (χ2n) is 10.6. The number of halogens is 2. The largest absolute Gasteiger partial charge is 0.435 e. The summed E-state index contributed by atoms with van der Waals surface area (Å²) in [5, 5.41) is 4.53. The summed E-state index contributed by atoms with van der Waals surface area (Å²) in [6.07, 6.45) is 7.95. The van der Waals surface area contributed by atoms with Gasteiger partial charge in [0.2, 0.25) is 0 Å². The van der Waals surface area contributed by atoms with E-state index >= 15 is 0 Å². The molecular formula is C29H32F2N6O3. The van der Waals surface area contributed by atoms with Crippen molar-refractivity contribution in [1.82, 2.24) is 29.2 Å². The predicted octanol–water partition coefficient (Wildman–Crippen LogP) is 4.45. The number of hydrogen-bond donors (Lipinski definition) is 0. The van der Waals surface area contributed by atoms with Crippen molar-refractivity contribution in [3.05, 3.63) is 64.8 Å². The highest BCUT2D eigenvalue weighted by atomic mass is 19.3. The van der Waals surface area contributed by atoms with Crippen LogP contribution in [-0.4, -0.2) is 68.2 Å². The van der Waals surface area contributed by atoms with E-state index in [-0.39, 0.29) is 22.7 Å². The number of piperidine rings is 1. The average molecular weight is 551 g/mol. The third-order valence-corrected chi connectivity index (χ3v) is 7.71. The number of alkyl halides is 2. The molecule has 11 heteroatoms. The van der Waals surface area contributed by atoms with Crippen LogP contribution in [0.4, 0.5) is 8.78 Å². The summed E-state index contributed by atoms with van der Waals surface area (Å²) in [4.78, 5) is 25.8. The Morgan fingerprint density at radius 1 is 1.15 bits per heavy atom. The second-order valence-corrected chi connectivity index (χ2v) is 10.6. The number of likely N-dealkylation sites (tertiary alicyclic amines) is 1. The van der Waals surface area contributed by atoms with Gasteiger partial charge in [0.05, 0.1) is 18.0 Å². The first-order valence-electron chi connectivity index (χ1n) is 13.8. The Balaban J connectivity index is 1.37. The fourth-order valence-corrected chi connectivity index (χ4v) is 5.83. The zero-order valence-corrected chi connectivity index (χ0v) is 22.4. The normalized spacial score (nSPS) is 20.0. The molecule has 0 aliphatic carbocycles. The average Bonchev–Trinajstić information content (AvgIpc) is 3.61. The number of rotatable bonds is 8. The number of aromatic nitrogens is 5. The first-order valence-corrected chi connectivity index (χ1v) is 13.8. The predicted molar refractivity (Wildman–Crippen MR) is 146 cm³/mol. The third-order valence-electron chi connectivity index (χ3n) is 7.71. The Morgan fingerprint density at radius 2 is 2.05 bits per heavy atom. The number of fused-ring (bicyclic) bond motifs is 1. The van der Waals surface area contributed by atoms with E-state index in [1.165, 1.54) is 16.8 Å². The minimum atomic E-state index is -2.94. The minimum absolute atomic E-state index is 0.00829. The number of ether oxygens (including phenoxy) is 2. The lowest BCUT2D eigenvalue weighted by Gasteiger charge is -2.34. The summed E-state index contributed by atoms with van der Waals surface area (Å²) < 4.78 is 39.1. The van der Waals surface area contributed by atoms with Crippen LogP contribution in [0.2, 0.25) is 0 Å². The van der Waals surface area contributed by atoms with E-state index in [0.717, 1.165) is 63.2 Å². The Kier molecular flexibility index (Phi) is 7.57. The Bertz CT molecular complexity index is 1550. The summed E-state index contributed by atoms with van der Waals surface area (Å²) >= 11 is 0. The first kappa shape index (κ1) is 26.5. The van der Waals surface area contributed by atoms with Crippen LogP contribution in [0.1, 0.15) is 31.4 Å². The van der Waals surface area contributed by atoms with Crippen molar-refractivity contribution in [2.75, 3.05) is 26.2 Å². The maximum Gasteiger partial charge on any atom is 0.387 e. The summed E-state index contributed by atoms with van der Waals surface area (Å²) in [7, 11) is 0. The summed E-state index contributed by atoms with van der Waals surface area (Å²) in [5.74, 6) is 0.829. The van der Waals surface area contributed by atoms with E-state index < -0.39 is 6.61 Å². The smallest absolute Gasteiger partial charge is 0.387 e. The molecule has 0 saturated carbocycles. The molecule has 2 aliphatic rings. The molecule has 2 fully saturated rings. The van der Waals surface area contributed by atoms with Gasteiger partial charge in [0.1, 0.15) is 17.1 Å². The molecule has 9 nitrogen and oxygen atoms in total.